The van der Waals surface area contributed by atoms with E-state index in [1.165, 1.54) is 24.3 Å². The molecule has 3 aromatic rings. The monoisotopic (exact) mass is 475 g/mol. The zero-order valence-corrected chi connectivity index (χ0v) is 19.6. The van der Waals surface area contributed by atoms with Gasteiger partial charge in [0.15, 0.2) is 5.78 Å². The number of hydrogen-bond donors (Lipinski definition) is 1. The number of carbonyl (C=O) groups is 2. The van der Waals surface area contributed by atoms with Gasteiger partial charge in [-0.2, -0.15) is 0 Å². The average Bonchev–Trinajstić information content (AvgIpc) is 2.90. The highest BCUT2D eigenvalue weighted by molar-refractivity contribution is 5.95. The predicted octanol–water partition coefficient (Wildman–Crippen LogP) is 4.73. The van der Waals surface area contributed by atoms with Gasteiger partial charge in [0.05, 0.1) is 0 Å². The van der Waals surface area contributed by atoms with Crippen molar-refractivity contribution in [1.29, 1.82) is 0 Å². The highest BCUT2D eigenvalue weighted by Gasteiger charge is 2.42. The van der Waals surface area contributed by atoms with E-state index in [4.69, 9.17) is 4.74 Å². The highest BCUT2D eigenvalue weighted by Crippen LogP contribution is 2.32. The fourth-order valence-corrected chi connectivity index (χ4v) is 4.49. The molecule has 1 fully saturated rings. The summed E-state index contributed by atoms with van der Waals surface area (Å²) in [5, 5.41) is 11.5. The summed E-state index contributed by atoms with van der Waals surface area (Å²) in [5.74, 6) is -1.01. The molecule has 0 unspecified atom stereocenters. The molecular weight excluding hydrogens is 445 g/mol. The minimum atomic E-state index is -1.87. The van der Waals surface area contributed by atoms with Gasteiger partial charge in [-0.25, -0.2) is 9.18 Å². The summed E-state index contributed by atoms with van der Waals surface area (Å²) in [4.78, 5) is 27.8. The second-order valence-corrected chi connectivity index (χ2v) is 8.92. The second kappa shape index (κ2) is 11.4. The van der Waals surface area contributed by atoms with Crippen molar-refractivity contribution in [2.24, 2.45) is 0 Å². The minimum absolute atomic E-state index is 0.00919. The van der Waals surface area contributed by atoms with E-state index in [9.17, 15) is 19.1 Å². The zero-order chi connectivity index (χ0) is 24.7. The van der Waals surface area contributed by atoms with Crippen LogP contribution in [-0.4, -0.2) is 47.5 Å². The Morgan fingerprint density at radius 3 is 1.97 bits per heavy atom. The topological polar surface area (TPSA) is 66.8 Å². The first-order valence-corrected chi connectivity index (χ1v) is 12.0. The number of carbonyl (C=O) groups excluding carboxylic acids is 2. The number of piperidine rings is 1. The third-order valence-electron chi connectivity index (χ3n) is 6.53. The molecule has 35 heavy (non-hydrogen) atoms. The Morgan fingerprint density at radius 1 is 0.886 bits per heavy atom. The van der Waals surface area contributed by atoms with Gasteiger partial charge < -0.3 is 14.7 Å². The molecule has 1 aliphatic rings. The molecule has 0 aliphatic carbocycles. The summed E-state index contributed by atoms with van der Waals surface area (Å²) in [7, 11) is 0. The summed E-state index contributed by atoms with van der Waals surface area (Å²) in [6.07, 6.45) is 2.16. The van der Waals surface area contributed by atoms with Crippen molar-refractivity contribution in [2.75, 3.05) is 19.6 Å². The normalized spacial score (nSPS) is 15.0. The minimum Gasteiger partial charge on any atom is -0.460 e. The molecule has 4 rings (SSSR count). The Bertz CT molecular complexity index is 1070. The Labute approximate surface area is 205 Å². The fraction of sp³-hybridized carbons (Fsp3) is 0.310. The number of hydrogen-bond acceptors (Lipinski definition) is 5. The Balaban J connectivity index is 1.29. The summed E-state index contributed by atoms with van der Waals surface area (Å²) >= 11 is 0. The molecular formula is C29H30FNO4. The molecule has 0 saturated carbocycles. The molecule has 0 aromatic heterocycles. The number of Topliss-reactive ketones (excluding diaryl/α,β-unsaturated/α-hetero) is 1. The Morgan fingerprint density at radius 2 is 1.43 bits per heavy atom. The van der Waals surface area contributed by atoms with Crippen LogP contribution in [0.4, 0.5) is 4.39 Å². The first-order valence-electron chi connectivity index (χ1n) is 12.0. The number of aliphatic hydroxyl groups is 1. The van der Waals surface area contributed by atoms with Crippen molar-refractivity contribution in [2.45, 2.75) is 37.4 Å². The lowest BCUT2D eigenvalue weighted by Gasteiger charge is -2.34. The standard InChI is InChI=1S/C29H30FNO4/c30-25-15-13-22(14-16-25)27(32)12-7-19-31-20-17-26(18-21-31)35-28(33)29(34,23-8-3-1-4-9-23)24-10-5-2-6-11-24/h1-6,8-11,13-16,26,34H,7,12,17-21H2. The maximum Gasteiger partial charge on any atom is 0.347 e. The lowest BCUT2D eigenvalue weighted by atomic mass is 9.86. The highest BCUT2D eigenvalue weighted by atomic mass is 19.1. The van der Waals surface area contributed by atoms with Crippen LogP contribution in [0.25, 0.3) is 0 Å². The van der Waals surface area contributed by atoms with Gasteiger partial charge in [0.2, 0.25) is 5.60 Å². The average molecular weight is 476 g/mol. The third kappa shape index (κ3) is 6.02. The van der Waals surface area contributed by atoms with Gasteiger partial charge in [0, 0.05) is 25.1 Å². The summed E-state index contributed by atoms with van der Waals surface area (Å²) in [6.45, 7) is 2.27. The summed E-state index contributed by atoms with van der Waals surface area (Å²) in [5.41, 5.74) is -0.402. The van der Waals surface area contributed by atoms with E-state index >= 15 is 0 Å². The van der Waals surface area contributed by atoms with Crippen LogP contribution in [0, 0.1) is 5.82 Å². The van der Waals surface area contributed by atoms with E-state index in [1.807, 2.05) is 12.1 Å². The van der Waals surface area contributed by atoms with Gasteiger partial charge in [-0.1, -0.05) is 60.7 Å². The number of rotatable bonds is 9. The first-order chi connectivity index (χ1) is 17.0. The van der Waals surface area contributed by atoms with Crippen LogP contribution in [0.2, 0.25) is 0 Å². The number of nitrogens with zero attached hydrogens (tertiary/aromatic N) is 1. The van der Waals surface area contributed by atoms with Gasteiger partial charge in [0.25, 0.3) is 0 Å². The largest absolute Gasteiger partial charge is 0.460 e. The number of ether oxygens (including phenoxy) is 1. The maximum absolute atomic E-state index is 13.3. The lowest BCUT2D eigenvalue weighted by Crippen LogP contribution is -2.44. The molecule has 6 heteroatoms. The van der Waals surface area contributed by atoms with Crippen molar-refractivity contribution in [3.8, 4) is 0 Å². The Hall–Kier alpha value is -3.35. The lowest BCUT2D eigenvalue weighted by molar-refractivity contribution is -0.170. The number of esters is 1. The van der Waals surface area contributed by atoms with Crippen LogP contribution in [0.3, 0.4) is 0 Å². The molecule has 0 atom stereocenters. The summed E-state index contributed by atoms with van der Waals surface area (Å²) in [6, 6.07) is 23.4. The summed E-state index contributed by atoms with van der Waals surface area (Å²) < 4.78 is 18.9. The van der Waals surface area contributed by atoms with Gasteiger partial charge >= 0.3 is 5.97 Å². The molecule has 1 saturated heterocycles. The maximum atomic E-state index is 13.3. The van der Waals surface area contributed by atoms with Crippen LogP contribution in [0.15, 0.2) is 84.9 Å². The van der Waals surface area contributed by atoms with Crippen molar-refractivity contribution in [3.05, 3.63) is 107 Å². The van der Waals surface area contributed by atoms with Crippen LogP contribution in [-0.2, 0) is 15.1 Å². The van der Waals surface area contributed by atoms with Gasteiger partial charge in [0.1, 0.15) is 11.9 Å². The van der Waals surface area contributed by atoms with Crippen molar-refractivity contribution in [1.82, 2.24) is 4.90 Å². The van der Waals surface area contributed by atoms with E-state index in [0.29, 0.717) is 42.4 Å². The SMILES string of the molecule is O=C(CCCN1CCC(OC(=O)C(O)(c2ccccc2)c2ccccc2)CC1)c1ccc(F)cc1. The number of ketones is 1. The molecule has 1 N–H and O–H groups in total. The van der Waals surface area contributed by atoms with Gasteiger partial charge in [-0.05, 0) is 61.2 Å². The molecule has 0 amide bonds. The predicted molar refractivity (Wildman–Crippen MR) is 131 cm³/mol. The number of benzene rings is 3. The van der Waals surface area contributed by atoms with Crippen LogP contribution >= 0.6 is 0 Å². The smallest absolute Gasteiger partial charge is 0.347 e. The van der Waals surface area contributed by atoms with Crippen LogP contribution in [0.1, 0.15) is 47.2 Å². The van der Waals surface area contributed by atoms with Gasteiger partial charge in [-0.15, -0.1) is 0 Å². The molecule has 182 valence electrons. The third-order valence-corrected chi connectivity index (χ3v) is 6.53. The zero-order valence-electron chi connectivity index (χ0n) is 19.6. The van der Waals surface area contributed by atoms with Crippen LogP contribution < -0.4 is 0 Å². The van der Waals surface area contributed by atoms with Crippen LogP contribution in [0.5, 0.6) is 0 Å². The van der Waals surface area contributed by atoms with E-state index < -0.39 is 11.6 Å². The molecule has 3 aromatic carbocycles. The molecule has 1 aliphatic heterocycles. The van der Waals surface area contributed by atoms with Crippen molar-refractivity contribution >= 4 is 11.8 Å². The van der Waals surface area contributed by atoms with E-state index in [-0.39, 0.29) is 17.7 Å². The number of likely N-dealkylation sites (tertiary alicyclic amines) is 1. The molecule has 0 bridgehead atoms. The molecule has 0 spiro atoms. The van der Waals surface area contributed by atoms with Crippen molar-refractivity contribution < 1.29 is 23.8 Å². The van der Waals surface area contributed by atoms with E-state index in [1.54, 1.807) is 48.5 Å². The van der Waals surface area contributed by atoms with Crippen molar-refractivity contribution in [3.63, 3.8) is 0 Å². The molecule has 1 heterocycles. The van der Waals surface area contributed by atoms with Gasteiger partial charge in [-0.3, -0.25) is 4.79 Å². The quantitative estimate of drug-likeness (QED) is 0.358. The number of halogens is 1. The second-order valence-electron chi connectivity index (χ2n) is 8.92. The van der Waals surface area contributed by atoms with E-state index in [2.05, 4.69) is 4.90 Å². The Kier molecular flexibility index (Phi) is 8.06. The molecule has 0 radical (unpaired) electrons. The fourth-order valence-electron chi connectivity index (χ4n) is 4.49. The first kappa shape index (κ1) is 24.8. The molecule has 5 nitrogen and oxygen atoms in total. The van der Waals surface area contributed by atoms with E-state index in [0.717, 1.165) is 19.6 Å².